The molecule has 1 unspecified atom stereocenters. The zero-order valence-corrected chi connectivity index (χ0v) is 9.87. The lowest BCUT2D eigenvalue weighted by molar-refractivity contribution is 0.173. The fourth-order valence-electron chi connectivity index (χ4n) is 2.03. The van der Waals surface area contributed by atoms with Crippen molar-refractivity contribution < 1.29 is 4.74 Å². The second-order valence-corrected chi connectivity index (χ2v) is 5.30. The van der Waals surface area contributed by atoms with Crippen LogP contribution >= 0.6 is 11.8 Å². The molecule has 1 saturated heterocycles. The largest absolute Gasteiger partial charge is 0.367 e. The molecule has 0 amide bonds. The molecule has 0 aromatic heterocycles. The number of hydrogen-bond acceptors (Lipinski definition) is 2. The van der Waals surface area contributed by atoms with Crippen molar-refractivity contribution >= 4 is 22.5 Å². The van der Waals surface area contributed by atoms with E-state index in [1.54, 1.807) is 0 Å². The molecule has 0 saturated carbocycles. The molecule has 2 aromatic rings. The Morgan fingerprint density at radius 2 is 1.94 bits per heavy atom. The summed E-state index contributed by atoms with van der Waals surface area (Å²) in [6.07, 6.45) is 2.38. The predicted octanol–water partition coefficient (Wildman–Crippen LogP) is 4.07. The summed E-state index contributed by atoms with van der Waals surface area (Å²) < 4.78 is 5.63. The Morgan fingerprint density at radius 1 is 1.06 bits per heavy atom. The first-order valence-electron chi connectivity index (χ1n) is 5.69. The smallest absolute Gasteiger partial charge is 0.107 e. The lowest BCUT2D eigenvalue weighted by Crippen LogP contribution is -1.97. The molecule has 0 N–H and O–H groups in total. The van der Waals surface area contributed by atoms with Gasteiger partial charge >= 0.3 is 0 Å². The van der Waals surface area contributed by atoms with Crippen molar-refractivity contribution in [1.82, 2.24) is 0 Å². The van der Waals surface area contributed by atoms with E-state index in [1.165, 1.54) is 28.5 Å². The summed E-state index contributed by atoms with van der Waals surface area (Å²) in [7, 11) is 0. The summed E-state index contributed by atoms with van der Waals surface area (Å²) >= 11 is 1.84. The van der Waals surface area contributed by atoms with Crippen LogP contribution in [0.4, 0.5) is 0 Å². The zero-order chi connectivity index (χ0) is 10.8. The summed E-state index contributed by atoms with van der Waals surface area (Å²) in [5.41, 5.74) is 0.362. The van der Waals surface area contributed by atoms with E-state index in [-0.39, 0.29) is 0 Å². The van der Waals surface area contributed by atoms with E-state index < -0.39 is 0 Å². The lowest BCUT2D eigenvalue weighted by Gasteiger charge is -2.09. The molecule has 82 valence electrons. The Hall–Kier alpha value is -0.990. The zero-order valence-electron chi connectivity index (χ0n) is 9.06. The monoisotopic (exact) mass is 230 g/mol. The van der Waals surface area contributed by atoms with Crippen LogP contribution in [-0.2, 0) is 4.74 Å². The van der Waals surface area contributed by atoms with Crippen LogP contribution < -0.4 is 0 Å². The van der Waals surface area contributed by atoms with E-state index in [2.05, 4.69) is 42.5 Å². The number of hydrogen-bond donors (Lipinski definition) is 0. The van der Waals surface area contributed by atoms with Crippen LogP contribution in [0.1, 0.15) is 12.8 Å². The maximum Gasteiger partial charge on any atom is 0.107 e. The van der Waals surface area contributed by atoms with Gasteiger partial charge in [0.05, 0.1) is 0 Å². The van der Waals surface area contributed by atoms with E-state index in [4.69, 9.17) is 4.74 Å². The van der Waals surface area contributed by atoms with Crippen LogP contribution in [0.25, 0.3) is 10.8 Å². The van der Waals surface area contributed by atoms with Crippen molar-refractivity contribution in [3.05, 3.63) is 42.5 Å². The van der Waals surface area contributed by atoms with Gasteiger partial charge in [-0.05, 0) is 35.7 Å². The fraction of sp³-hybridized carbons (Fsp3) is 0.286. The van der Waals surface area contributed by atoms with Gasteiger partial charge in [0.2, 0.25) is 0 Å². The van der Waals surface area contributed by atoms with Gasteiger partial charge in [-0.3, -0.25) is 0 Å². The van der Waals surface area contributed by atoms with Crippen molar-refractivity contribution in [2.45, 2.75) is 23.2 Å². The molecule has 1 heterocycles. The van der Waals surface area contributed by atoms with Gasteiger partial charge in [0.15, 0.2) is 0 Å². The first-order valence-corrected chi connectivity index (χ1v) is 6.57. The molecule has 0 bridgehead atoms. The highest BCUT2D eigenvalue weighted by molar-refractivity contribution is 7.99. The van der Waals surface area contributed by atoms with Crippen molar-refractivity contribution in [2.24, 2.45) is 0 Å². The third-order valence-electron chi connectivity index (χ3n) is 2.88. The minimum atomic E-state index is 0.362. The minimum absolute atomic E-state index is 0.362. The highest BCUT2D eigenvalue weighted by atomic mass is 32.2. The van der Waals surface area contributed by atoms with Gasteiger partial charge in [-0.15, -0.1) is 0 Å². The Bertz CT molecular complexity index is 489. The molecule has 16 heavy (non-hydrogen) atoms. The van der Waals surface area contributed by atoms with E-state index in [0.29, 0.717) is 5.44 Å². The number of thioether (sulfide) groups is 1. The van der Waals surface area contributed by atoms with Crippen molar-refractivity contribution in [2.75, 3.05) is 6.61 Å². The van der Waals surface area contributed by atoms with Gasteiger partial charge in [0.25, 0.3) is 0 Å². The Morgan fingerprint density at radius 3 is 2.75 bits per heavy atom. The molecule has 1 aliphatic heterocycles. The maximum atomic E-state index is 5.63. The van der Waals surface area contributed by atoms with Crippen LogP contribution in [0.3, 0.4) is 0 Å². The molecule has 3 rings (SSSR count). The molecular weight excluding hydrogens is 216 g/mol. The molecule has 2 heteroatoms. The maximum absolute atomic E-state index is 5.63. The summed E-state index contributed by atoms with van der Waals surface area (Å²) in [5.74, 6) is 0. The fourth-order valence-corrected chi connectivity index (χ4v) is 3.13. The predicted molar refractivity (Wildman–Crippen MR) is 68.8 cm³/mol. The molecular formula is C14H14OS. The van der Waals surface area contributed by atoms with Crippen molar-refractivity contribution in [1.29, 1.82) is 0 Å². The van der Waals surface area contributed by atoms with Gasteiger partial charge < -0.3 is 4.74 Å². The molecule has 2 aromatic carbocycles. The van der Waals surface area contributed by atoms with Crippen molar-refractivity contribution in [3.8, 4) is 0 Å². The standard InChI is InChI=1S/C14H14OS/c1-2-5-12-10-13(8-7-11(12)4-1)16-14-6-3-9-15-14/h1-2,4-5,7-8,10,14H,3,6,9H2. The van der Waals surface area contributed by atoms with E-state index >= 15 is 0 Å². The summed E-state index contributed by atoms with van der Waals surface area (Å²) in [4.78, 5) is 1.31. The molecule has 0 spiro atoms. The molecule has 0 aliphatic carbocycles. The van der Waals surface area contributed by atoms with E-state index in [9.17, 15) is 0 Å². The van der Waals surface area contributed by atoms with Crippen LogP contribution in [0.15, 0.2) is 47.4 Å². The second-order valence-electron chi connectivity index (χ2n) is 4.07. The third kappa shape index (κ3) is 2.08. The Labute approximate surface area is 99.8 Å². The lowest BCUT2D eigenvalue weighted by atomic mass is 10.1. The number of ether oxygens (including phenoxy) is 1. The second kappa shape index (κ2) is 4.48. The SMILES string of the molecule is c1ccc2cc(SC3CCCO3)ccc2c1. The van der Waals surface area contributed by atoms with Crippen molar-refractivity contribution in [3.63, 3.8) is 0 Å². The van der Waals surface area contributed by atoms with Crippen LogP contribution in [-0.4, -0.2) is 12.0 Å². The summed E-state index contributed by atoms with van der Waals surface area (Å²) in [6, 6.07) is 15.1. The number of fused-ring (bicyclic) bond motifs is 1. The van der Waals surface area contributed by atoms with E-state index in [0.717, 1.165) is 6.61 Å². The normalized spacial score (nSPS) is 20.4. The highest BCUT2D eigenvalue weighted by Gasteiger charge is 2.16. The minimum Gasteiger partial charge on any atom is -0.367 e. The first kappa shape index (κ1) is 10.2. The average molecular weight is 230 g/mol. The quantitative estimate of drug-likeness (QED) is 0.769. The molecule has 1 fully saturated rings. The Kier molecular flexibility index (Phi) is 2.85. The molecule has 1 aliphatic rings. The summed E-state index contributed by atoms with van der Waals surface area (Å²) in [5, 5.41) is 2.62. The molecule has 0 radical (unpaired) electrons. The third-order valence-corrected chi connectivity index (χ3v) is 4.04. The number of rotatable bonds is 2. The van der Waals surface area contributed by atoms with Gasteiger partial charge in [-0.1, -0.05) is 42.1 Å². The first-order chi connectivity index (χ1) is 7.92. The van der Waals surface area contributed by atoms with Gasteiger partial charge in [-0.2, -0.15) is 0 Å². The van der Waals surface area contributed by atoms with Crippen LogP contribution in [0.5, 0.6) is 0 Å². The van der Waals surface area contributed by atoms with Crippen LogP contribution in [0, 0.1) is 0 Å². The molecule has 1 nitrogen and oxygen atoms in total. The number of benzene rings is 2. The summed E-state index contributed by atoms with van der Waals surface area (Å²) in [6.45, 7) is 0.922. The van der Waals surface area contributed by atoms with Crippen LogP contribution in [0.2, 0.25) is 0 Å². The topological polar surface area (TPSA) is 9.23 Å². The van der Waals surface area contributed by atoms with Gasteiger partial charge in [0, 0.05) is 11.5 Å². The van der Waals surface area contributed by atoms with Gasteiger partial charge in [0.1, 0.15) is 5.44 Å². The van der Waals surface area contributed by atoms with E-state index in [1.807, 2.05) is 11.8 Å². The van der Waals surface area contributed by atoms with Gasteiger partial charge in [-0.25, -0.2) is 0 Å². The molecule has 1 atom stereocenters. The Balaban J connectivity index is 1.86. The highest BCUT2D eigenvalue weighted by Crippen LogP contribution is 2.32. The average Bonchev–Trinajstić information content (AvgIpc) is 2.82.